The van der Waals surface area contributed by atoms with Crippen LogP contribution in [0.4, 0.5) is 5.69 Å². The second-order valence-corrected chi connectivity index (χ2v) is 9.30. The standard InChI is InChI=1S/C28H28N2O5/c1-5-13-29-21-10-7-6-9-20(21)28(27(29)33)23-24(31)19-16-18(4)11-12-22(19)35-25(23)26(32)30(28)14-8-15-34-17(2)3/h5-7,9-12,16-17H,1,8,13-15H2,2-4H3/t28-/m0/s1. The van der Waals surface area contributed by atoms with Crippen molar-refractivity contribution >= 4 is 28.5 Å². The average molecular weight is 473 g/mol. The lowest BCUT2D eigenvalue weighted by atomic mass is 9.84. The van der Waals surface area contributed by atoms with Crippen LogP contribution in [0.5, 0.6) is 0 Å². The fraction of sp³-hybridized carbons (Fsp3) is 0.321. The van der Waals surface area contributed by atoms with E-state index in [4.69, 9.17) is 9.15 Å². The minimum atomic E-state index is -1.59. The number of nitrogens with zero attached hydrogens (tertiary/aromatic N) is 2. The van der Waals surface area contributed by atoms with E-state index in [1.807, 2.05) is 51.1 Å². The largest absolute Gasteiger partial charge is 0.450 e. The number of anilines is 1. The quantitative estimate of drug-likeness (QED) is 0.381. The highest BCUT2D eigenvalue weighted by molar-refractivity contribution is 6.17. The van der Waals surface area contributed by atoms with E-state index in [-0.39, 0.29) is 41.9 Å². The van der Waals surface area contributed by atoms with E-state index in [1.54, 1.807) is 23.1 Å². The highest BCUT2D eigenvalue weighted by atomic mass is 16.5. The van der Waals surface area contributed by atoms with E-state index < -0.39 is 11.4 Å². The van der Waals surface area contributed by atoms with E-state index in [9.17, 15) is 14.4 Å². The van der Waals surface area contributed by atoms with Gasteiger partial charge in [-0.05, 0) is 45.4 Å². The Balaban J connectivity index is 1.78. The lowest BCUT2D eigenvalue weighted by Gasteiger charge is -2.34. The average Bonchev–Trinajstić information content (AvgIpc) is 3.22. The zero-order valence-electron chi connectivity index (χ0n) is 20.2. The van der Waals surface area contributed by atoms with Gasteiger partial charge in [-0.1, -0.05) is 35.9 Å². The van der Waals surface area contributed by atoms with E-state index in [1.165, 1.54) is 4.90 Å². The molecule has 1 atom stereocenters. The van der Waals surface area contributed by atoms with Gasteiger partial charge in [0.2, 0.25) is 5.76 Å². The van der Waals surface area contributed by atoms with Gasteiger partial charge in [-0.2, -0.15) is 0 Å². The minimum Gasteiger partial charge on any atom is -0.450 e. The first kappa shape index (κ1) is 23.1. The predicted molar refractivity (Wildman–Crippen MR) is 134 cm³/mol. The smallest absolute Gasteiger partial charge is 0.291 e. The molecule has 0 aliphatic carbocycles. The van der Waals surface area contributed by atoms with Crippen LogP contribution in [0.3, 0.4) is 0 Å². The molecule has 0 saturated carbocycles. The Morgan fingerprint density at radius 3 is 2.66 bits per heavy atom. The Hall–Kier alpha value is -3.71. The predicted octanol–water partition coefficient (Wildman–Crippen LogP) is 4.15. The molecule has 0 radical (unpaired) electrons. The lowest BCUT2D eigenvalue weighted by Crippen LogP contribution is -2.53. The van der Waals surface area contributed by atoms with Crippen molar-refractivity contribution in [2.75, 3.05) is 24.6 Å². The number of fused-ring (bicyclic) bond motifs is 5. The molecule has 0 saturated heterocycles. The molecule has 0 unspecified atom stereocenters. The van der Waals surface area contributed by atoms with Gasteiger partial charge in [-0.3, -0.25) is 14.4 Å². The molecule has 3 aromatic rings. The normalized spacial score (nSPS) is 18.7. The summed E-state index contributed by atoms with van der Waals surface area (Å²) in [5, 5.41) is 0.355. The van der Waals surface area contributed by atoms with E-state index >= 15 is 0 Å². The topological polar surface area (TPSA) is 80.1 Å². The van der Waals surface area contributed by atoms with Gasteiger partial charge in [0.25, 0.3) is 11.8 Å². The molecule has 2 aliphatic heterocycles. The summed E-state index contributed by atoms with van der Waals surface area (Å²) in [6.07, 6.45) is 2.19. The fourth-order valence-corrected chi connectivity index (χ4v) is 5.26. The Bertz CT molecular complexity index is 1420. The molecule has 1 spiro atoms. The molecule has 2 aliphatic rings. The zero-order chi connectivity index (χ0) is 24.9. The number of hydrogen-bond donors (Lipinski definition) is 0. The van der Waals surface area contributed by atoms with Gasteiger partial charge in [0.15, 0.2) is 11.0 Å². The van der Waals surface area contributed by atoms with Crippen LogP contribution in [-0.2, 0) is 15.1 Å². The Morgan fingerprint density at radius 2 is 1.91 bits per heavy atom. The van der Waals surface area contributed by atoms with Gasteiger partial charge in [0, 0.05) is 25.3 Å². The first-order chi connectivity index (χ1) is 16.8. The number of ether oxygens (including phenoxy) is 1. The summed E-state index contributed by atoms with van der Waals surface area (Å²) in [7, 11) is 0. The molecule has 180 valence electrons. The summed E-state index contributed by atoms with van der Waals surface area (Å²) in [4.78, 5) is 45.2. The summed E-state index contributed by atoms with van der Waals surface area (Å²) >= 11 is 0. The third-order valence-electron chi connectivity index (χ3n) is 6.68. The van der Waals surface area contributed by atoms with Crippen LogP contribution in [0.25, 0.3) is 11.0 Å². The molecule has 0 fully saturated rings. The van der Waals surface area contributed by atoms with Gasteiger partial charge in [-0.15, -0.1) is 6.58 Å². The van der Waals surface area contributed by atoms with Crippen LogP contribution in [0, 0.1) is 6.92 Å². The summed E-state index contributed by atoms with van der Waals surface area (Å²) in [5.74, 6) is -0.887. The Labute approximate surface area is 203 Å². The summed E-state index contributed by atoms with van der Waals surface area (Å²) in [6.45, 7) is 10.5. The van der Waals surface area contributed by atoms with Crippen molar-refractivity contribution in [3.05, 3.63) is 87.8 Å². The highest BCUT2D eigenvalue weighted by Crippen LogP contribution is 2.52. The molecule has 2 aromatic carbocycles. The van der Waals surface area contributed by atoms with Gasteiger partial charge >= 0.3 is 0 Å². The molecule has 0 bridgehead atoms. The monoisotopic (exact) mass is 472 g/mol. The van der Waals surface area contributed by atoms with Crippen LogP contribution in [-0.4, -0.2) is 42.5 Å². The van der Waals surface area contributed by atoms with Gasteiger partial charge in [-0.25, -0.2) is 0 Å². The van der Waals surface area contributed by atoms with E-state index in [0.29, 0.717) is 35.2 Å². The summed E-state index contributed by atoms with van der Waals surface area (Å²) in [6, 6.07) is 12.6. The van der Waals surface area contributed by atoms with Crippen molar-refractivity contribution in [1.82, 2.24) is 4.90 Å². The number of benzene rings is 2. The van der Waals surface area contributed by atoms with Crippen LogP contribution in [0.15, 0.2) is 64.3 Å². The van der Waals surface area contributed by atoms with Crippen molar-refractivity contribution in [1.29, 1.82) is 0 Å². The van der Waals surface area contributed by atoms with Crippen LogP contribution < -0.4 is 10.3 Å². The second-order valence-electron chi connectivity index (χ2n) is 9.30. The zero-order valence-corrected chi connectivity index (χ0v) is 20.2. The van der Waals surface area contributed by atoms with Crippen LogP contribution in [0.1, 0.15) is 47.5 Å². The first-order valence-corrected chi connectivity index (χ1v) is 11.9. The second kappa shape index (κ2) is 8.50. The van der Waals surface area contributed by atoms with Gasteiger partial charge < -0.3 is 19.0 Å². The van der Waals surface area contributed by atoms with E-state index in [2.05, 4.69) is 6.58 Å². The summed E-state index contributed by atoms with van der Waals surface area (Å²) in [5.41, 5.74) is 0.611. The number of para-hydroxylation sites is 1. The lowest BCUT2D eigenvalue weighted by molar-refractivity contribution is -0.126. The maximum atomic E-state index is 14.3. The molecule has 7 nitrogen and oxygen atoms in total. The third-order valence-corrected chi connectivity index (χ3v) is 6.68. The van der Waals surface area contributed by atoms with Crippen molar-refractivity contribution in [3.8, 4) is 0 Å². The van der Waals surface area contributed by atoms with Crippen LogP contribution in [0.2, 0.25) is 0 Å². The number of hydrogen-bond acceptors (Lipinski definition) is 5. The Morgan fingerprint density at radius 1 is 1.14 bits per heavy atom. The number of carbonyl (C=O) groups is 2. The first-order valence-electron chi connectivity index (χ1n) is 11.9. The molecular weight excluding hydrogens is 444 g/mol. The molecule has 35 heavy (non-hydrogen) atoms. The number of rotatable bonds is 7. The molecular formula is C28H28N2O5. The SMILES string of the molecule is C=CCN1C(=O)[C@]2(c3ccccc31)c1c(oc3ccc(C)cc3c1=O)C(=O)N2CCCOC(C)C. The van der Waals surface area contributed by atoms with Crippen molar-refractivity contribution in [2.45, 2.75) is 38.8 Å². The third kappa shape index (κ3) is 3.26. The molecule has 5 rings (SSSR count). The van der Waals surface area contributed by atoms with Crippen molar-refractivity contribution < 1.29 is 18.7 Å². The molecule has 2 amide bonds. The van der Waals surface area contributed by atoms with Gasteiger partial charge in [0.1, 0.15) is 5.58 Å². The number of carbonyl (C=O) groups excluding carboxylic acids is 2. The maximum Gasteiger partial charge on any atom is 0.291 e. The van der Waals surface area contributed by atoms with Crippen LogP contribution >= 0.6 is 0 Å². The summed E-state index contributed by atoms with van der Waals surface area (Å²) < 4.78 is 11.7. The van der Waals surface area contributed by atoms with Crippen molar-refractivity contribution in [2.24, 2.45) is 0 Å². The van der Waals surface area contributed by atoms with Crippen molar-refractivity contribution in [3.63, 3.8) is 0 Å². The molecule has 1 aromatic heterocycles. The number of amides is 2. The fourth-order valence-electron chi connectivity index (χ4n) is 5.26. The molecule has 7 heteroatoms. The number of aryl methyl sites for hydroxylation is 1. The highest BCUT2D eigenvalue weighted by Gasteiger charge is 2.64. The maximum absolute atomic E-state index is 14.3. The molecule has 3 heterocycles. The van der Waals surface area contributed by atoms with Gasteiger partial charge in [0.05, 0.1) is 22.7 Å². The minimum absolute atomic E-state index is 0.0455. The Kier molecular flexibility index (Phi) is 5.60. The molecule has 0 N–H and O–H groups in total. The van der Waals surface area contributed by atoms with E-state index in [0.717, 1.165) is 5.56 Å².